The normalized spacial score (nSPS) is 18.9. The van der Waals surface area contributed by atoms with Crippen LogP contribution in [0.2, 0.25) is 0 Å². The van der Waals surface area contributed by atoms with Crippen molar-refractivity contribution in [3.8, 4) is 0 Å². The minimum atomic E-state index is -0.294. The number of hydrogen-bond acceptors (Lipinski definition) is 4. The van der Waals surface area contributed by atoms with Crippen molar-refractivity contribution in [2.45, 2.75) is 45.3 Å². The van der Waals surface area contributed by atoms with Gasteiger partial charge in [0.25, 0.3) is 0 Å². The van der Waals surface area contributed by atoms with E-state index in [1.165, 1.54) is 17.7 Å². The zero-order valence-electron chi connectivity index (χ0n) is 10.5. The standard InChI is InChI=1S/C13H17N3O2/c1-9-7-10-11(3-2-4-12(10)17)16(9)6-5-13-14-8-15-18-13/h7-8,12,17H,2-6H2,1H3. The van der Waals surface area contributed by atoms with Gasteiger partial charge in [-0.25, -0.2) is 0 Å². The molecule has 5 nitrogen and oxygen atoms in total. The van der Waals surface area contributed by atoms with Crippen LogP contribution in [0.5, 0.6) is 0 Å². The number of hydrogen-bond donors (Lipinski definition) is 1. The summed E-state index contributed by atoms with van der Waals surface area (Å²) >= 11 is 0. The zero-order valence-corrected chi connectivity index (χ0v) is 10.5. The summed E-state index contributed by atoms with van der Waals surface area (Å²) in [5.74, 6) is 0.660. The van der Waals surface area contributed by atoms with Crippen LogP contribution in [-0.4, -0.2) is 19.8 Å². The first-order valence-electron chi connectivity index (χ1n) is 6.38. The Morgan fingerprint density at radius 1 is 1.56 bits per heavy atom. The molecule has 0 saturated carbocycles. The molecule has 0 spiro atoms. The number of aromatic nitrogens is 3. The van der Waals surface area contributed by atoms with Gasteiger partial charge in [0.1, 0.15) is 0 Å². The summed E-state index contributed by atoms with van der Waals surface area (Å²) in [4.78, 5) is 4.03. The smallest absolute Gasteiger partial charge is 0.228 e. The summed E-state index contributed by atoms with van der Waals surface area (Å²) in [5.41, 5.74) is 3.57. The second kappa shape index (κ2) is 4.57. The molecule has 2 heterocycles. The molecule has 0 fully saturated rings. The Balaban J connectivity index is 1.83. The van der Waals surface area contributed by atoms with Crippen LogP contribution in [0, 0.1) is 6.92 Å². The fourth-order valence-electron chi connectivity index (χ4n) is 2.77. The maximum atomic E-state index is 10.00. The van der Waals surface area contributed by atoms with E-state index in [4.69, 9.17) is 4.52 Å². The third-order valence-electron chi connectivity index (χ3n) is 3.66. The molecule has 0 amide bonds. The fraction of sp³-hybridized carbons (Fsp3) is 0.538. The van der Waals surface area contributed by atoms with E-state index in [0.29, 0.717) is 5.89 Å². The Hall–Kier alpha value is -1.62. The van der Waals surface area contributed by atoms with Crippen molar-refractivity contribution >= 4 is 0 Å². The highest BCUT2D eigenvalue weighted by Gasteiger charge is 2.22. The van der Waals surface area contributed by atoms with E-state index in [1.807, 2.05) is 0 Å². The number of aryl methyl sites for hydroxylation is 2. The summed E-state index contributed by atoms with van der Waals surface area (Å²) in [7, 11) is 0. The lowest BCUT2D eigenvalue weighted by molar-refractivity contribution is 0.155. The van der Waals surface area contributed by atoms with Gasteiger partial charge in [-0.2, -0.15) is 4.98 Å². The molecule has 5 heteroatoms. The lowest BCUT2D eigenvalue weighted by Gasteiger charge is -2.20. The Morgan fingerprint density at radius 2 is 2.44 bits per heavy atom. The minimum absolute atomic E-state index is 0.294. The van der Waals surface area contributed by atoms with Crippen LogP contribution >= 0.6 is 0 Å². The molecule has 3 rings (SSSR count). The second-order valence-corrected chi connectivity index (χ2v) is 4.83. The van der Waals surface area contributed by atoms with E-state index in [2.05, 4.69) is 27.7 Å². The molecule has 0 bridgehead atoms. The van der Waals surface area contributed by atoms with Crippen LogP contribution in [0.3, 0.4) is 0 Å². The Labute approximate surface area is 105 Å². The molecule has 0 aromatic carbocycles. The molecule has 2 aromatic rings. The van der Waals surface area contributed by atoms with Gasteiger partial charge in [-0.1, -0.05) is 5.16 Å². The van der Waals surface area contributed by atoms with Gasteiger partial charge in [0.2, 0.25) is 5.89 Å². The van der Waals surface area contributed by atoms with Gasteiger partial charge < -0.3 is 14.2 Å². The fourth-order valence-corrected chi connectivity index (χ4v) is 2.77. The summed E-state index contributed by atoms with van der Waals surface area (Å²) in [6.07, 6.45) is 4.84. The number of rotatable bonds is 3. The molecule has 1 aliphatic carbocycles. The van der Waals surface area contributed by atoms with E-state index >= 15 is 0 Å². The highest BCUT2D eigenvalue weighted by molar-refractivity contribution is 5.31. The first kappa shape index (κ1) is 11.5. The highest BCUT2D eigenvalue weighted by Crippen LogP contribution is 2.32. The average molecular weight is 247 g/mol. The van der Waals surface area contributed by atoms with Crippen molar-refractivity contribution in [3.05, 3.63) is 35.2 Å². The van der Waals surface area contributed by atoms with Crippen LogP contribution in [-0.2, 0) is 19.4 Å². The number of nitrogens with zero attached hydrogens (tertiary/aromatic N) is 3. The maximum Gasteiger partial charge on any atom is 0.228 e. The molecule has 1 aliphatic rings. The Morgan fingerprint density at radius 3 is 3.22 bits per heavy atom. The van der Waals surface area contributed by atoms with Crippen LogP contribution in [0.1, 0.15) is 41.8 Å². The number of fused-ring (bicyclic) bond motifs is 1. The van der Waals surface area contributed by atoms with Gasteiger partial charge in [0, 0.05) is 29.9 Å². The van der Waals surface area contributed by atoms with Gasteiger partial charge in [-0.3, -0.25) is 0 Å². The molecule has 2 aromatic heterocycles. The Bertz CT molecular complexity index is 531. The van der Waals surface area contributed by atoms with Gasteiger partial charge >= 0.3 is 0 Å². The van der Waals surface area contributed by atoms with Crippen LogP contribution in [0.4, 0.5) is 0 Å². The molecule has 96 valence electrons. The van der Waals surface area contributed by atoms with Crippen LogP contribution in [0.15, 0.2) is 16.9 Å². The van der Waals surface area contributed by atoms with Crippen molar-refractivity contribution in [1.29, 1.82) is 0 Å². The van der Waals surface area contributed by atoms with Crippen LogP contribution < -0.4 is 0 Å². The molecule has 1 unspecified atom stereocenters. The van der Waals surface area contributed by atoms with Crippen molar-refractivity contribution < 1.29 is 9.63 Å². The molecule has 0 saturated heterocycles. The molecule has 18 heavy (non-hydrogen) atoms. The quantitative estimate of drug-likeness (QED) is 0.898. The van der Waals surface area contributed by atoms with E-state index < -0.39 is 0 Å². The predicted octanol–water partition coefficient (Wildman–Crippen LogP) is 1.79. The van der Waals surface area contributed by atoms with E-state index in [0.717, 1.165) is 37.8 Å². The maximum absolute atomic E-state index is 10.00. The first-order valence-corrected chi connectivity index (χ1v) is 6.38. The topological polar surface area (TPSA) is 64.1 Å². The van der Waals surface area contributed by atoms with Gasteiger partial charge in [-0.15, -0.1) is 0 Å². The molecular weight excluding hydrogens is 230 g/mol. The van der Waals surface area contributed by atoms with Gasteiger partial charge in [0.05, 0.1) is 6.10 Å². The van der Waals surface area contributed by atoms with Crippen molar-refractivity contribution in [1.82, 2.24) is 14.7 Å². The third-order valence-corrected chi connectivity index (χ3v) is 3.66. The van der Waals surface area contributed by atoms with Gasteiger partial charge in [-0.05, 0) is 32.3 Å². The molecule has 0 aliphatic heterocycles. The lowest BCUT2D eigenvalue weighted by Crippen LogP contribution is -2.13. The van der Waals surface area contributed by atoms with Crippen molar-refractivity contribution in [2.24, 2.45) is 0 Å². The van der Waals surface area contributed by atoms with E-state index in [1.54, 1.807) is 0 Å². The van der Waals surface area contributed by atoms with Gasteiger partial charge in [0.15, 0.2) is 6.33 Å². The number of aliphatic hydroxyl groups excluding tert-OH is 1. The molecular formula is C13H17N3O2. The summed E-state index contributed by atoms with van der Waals surface area (Å²) < 4.78 is 7.28. The lowest BCUT2D eigenvalue weighted by atomic mass is 9.95. The average Bonchev–Trinajstić information content (AvgIpc) is 2.95. The second-order valence-electron chi connectivity index (χ2n) is 4.83. The molecule has 1 N–H and O–H groups in total. The van der Waals surface area contributed by atoms with E-state index in [-0.39, 0.29) is 6.10 Å². The first-order chi connectivity index (χ1) is 8.75. The third kappa shape index (κ3) is 1.95. The largest absolute Gasteiger partial charge is 0.388 e. The van der Waals surface area contributed by atoms with E-state index in [9.17, 15) is 5.11 Å². The summed E-state index contributed by atoms with van der Waals surface area (Å²) in [5, 5.41) is 13.6. The predicted molar refractivity (Wildman–Crippen MR) is 65.1 cm³/mol. The van der Waals surface area contributed by atoms with Crippen LogP contribution in [0.25, 0.3) is 0 Å². The summed E-state index contributed by atoms with van der Waals surface area (Å²) in [6.45, 7) is 2.91. The Kier molecular flexibility index (Phi) is 2.91. The SMILES string of the molecule is Cc1cc2c(n1CCc1ncno1)CCCC2O. The monoisotopic (exact) mass is 247 g/mol. The number of aliphatic hydroxyl groups is 1. The summed E-state index contributed by atoms with van der Waals surface area (Å²) in [6, 6.07) is 2.10. The van der Waals surface area contributed by atoms with Crippen molar-refractivity contribution in [2.75, 3.05) is 0 Å². The minimum Gasteiger partial charge on any atom is -0.388 e. The zero-order chi connectivity index (χ0) is 12.5. The molecule has 0 radical (unpaired) electrons. The molecule has 1 atom stereocenters. The highest BCUT2D eigenvalue weighted by atomic mass is 16.5. The van der Waals surface area contributed by atoms with Crippen molar-refractivity contribution in [3.63, 3.8) is 0 Å².